The molecule has 0 spiro atoms. The predicted molar refractivity (Wildman–Crippen MR) is 89.4 cm³/mol. The second-order valence-corrected chi connectivity index (χ2v) is 6.91. The van der Waals surface area contributed by atoms with Crippen molar-refractivity contribution in [3.8, 4) is 0 Å². The number of anilines is 1. The molecule has 1 atom stereocenters. The van der Waals surface area contributed by atoms with Crippen LogP contribution in [0.1, 0.15) is 24.5 Å². The van der Waals surface area contributed by atoms with E-state index in [-0.39, 0.29) is 5.91 Å². The zero-order valence-electron chi connectivity index (χ0n) is 13.5. The molecule has 3 heterocycles. The van der Waals surface area contributed by atoms with Gasteiger partial charge in [-0.3, -0.25) is 9.69 Å². The molecule has 2 aromatic rings. The Morgan fingerprint density at radius 3 is 3.04 bits per heavy atom. The van der Waals surface area contributed by atoms with Crippen LogP contribution >= 0.6 is 11.3 Å². The highest BCUT2D eigenvalue weighted by molar-refractivity contribution is 7.13. The molecular formula is C15H22N6OS. The number of aromatic nitrogens is 4. The molecule has 1 amide bonds. The molecule has 1 aliphatic rings. The highest BCUT2D eigenvalue weighted by Crippen LogP contribution is 2.19. The molecule has 0 aromatic carbocycles. The first-order chi connectivity index (χ1) is 11.1. The molecule has 3 rings (SSSR count). The minimum absolute atomic E-state index is 0.00776. The van der Waals surface area contributed by atoms with E-state index < -0.39 is 0 Å². The van der Waals surface area contributed by atoms with Gasteiger partial charge in [0, 0.05) is 24.7 Å². The quantitative estimate of drug-likeness (QED) is 0.901. The summed E-state index contributed by atoms with van der Waals surface area (Å²) in [5, 5.41) is 9.81. The number of hydrogen-bond donors (Lipinski definition) is 1. The predicted octanol–water partition coefficient (Wildman–Crippen LogP) is 1.70. The van der Waals surface area contributed by atoms with Crippen LogP contribution < -0.4 is 5.32 Å². The number of likely N-dealkylation sites (tertiary alicyclic amines) is 1. The Kier molecular flexibility index (Phi) is 5.02. The van der Waals surface area contributed by atoms with Crippen LogP contribution in [-0.2, 0) is 11.3 Å². The fourth-order valence-electron chi connectivity index (χ4n) is 3.07. The van der Waals surface area contributed by atoms with Gasteiger partial charge in [-0.1, -0.05) is 0 Å². The second kappa shape index (κ2) is 7.18. The zero-order valence-corrected chi connectivity index (χ0v) is 14.3. The van der Waals surface area contributed by atoms with E-state index in [1.807, 2.05) is 23.9 Å². The van der Waals surface area contributed by atoms with Crippen molar-refractivity contribution >= 4 is 22.4 Å². The maximum Gasteiger partial charge on any atom is 0.240 e. The number of nitrogens with one attached hydrogen (secondary N) is 1. The van der Waals surface area contributed by atoms with Gasteiger partial charge in [0.2, 0.25) is 5.91 Å². The van der Waals surface area contributed by atoms with Crippen molar-refractivity contribution in [3.05, 3.63) is 23.2 Å². The molecule has 1 N–H and O–H groups in total. The monoisotopic (exact) mass is 334 g/mol. The number of aryl methyl sites for hydroxylation is 2. The van der Waals surface area contributed by atoms with Crippen LogP contribution in [0.3, 0.4) is 0 Å². The van der Waals surface area contributed by atoms with Gasteiger partial charge in [-0.15, -0.1) is 11.3 Å². The molecule has 0 unspecified atom stereocenters. The molecule has 1 fully saturated rings. The maximum absolute atomic E-state index is 12.1. The van der Waals surface area contributed by atoms with Gasteiger partial charge in [0.05, 0.1) is 6.54 Å². The second-order valence-electron chi connectivity index (χ2n) is 6.02. The number of rotatable bonds is 5. The van der Waals surface area contributed by atoms with E-state index in [4.69, 9.17) is 0 Å². The minimum Gasteiger partial charge on any atom is -0.301 e. The molecule has 0 aliphatic carbocycles. The Balaban J connectivity index is 1.51. The normalized spacial score (nSPS) is 19.0. The van der Waals surface area contributed by atoms with E-state index in [1.54, 1.807) is 6.20 Å². The molecule has 8 heteroatoms. The highest BCUT2D eigenvalue weighted by Gasteiger charge is 2.23. The van der Waals surface area contributed by atoms with Gasteiger partial charge in [-0.2, -0.15) is 5.10 Å². The number of hydrogen-bond acceptors (Lipinski definition) is 6. The lowest BCUT2D eigenvalue weighted by Gasteiger charge is -2.32. The Bertz CT molecular complexity index is 653. The third kappa shape index (κ3) is 4.35. The largest absolute Gasteiger partial charge is 0.301 e. The zero-order chi connectivity index (χ0) is 16.2. The van der Waals surface area contributed by atoms with Crippen LogP contribution in [0, 0.1) is 19.8 Å². The standard InChI is InChI=1S/C15H22N6OS/c1-11-17-12(2)21(19-11)9-13-4-3-6-20(8-13)10-14(22)18-15-16-5-7-23-15/h5,7,13H,3-4,6,8-10H2,1-2H3,(H,16,18,22)/t13-/m1/s1. The smallest absolute Gasteiger partial charge is 0.240 e. The number of thiazole rings is 1. The minimum atomic E-state index is 0.00776. The van der Waals surface area contributed by atoms with Gasteiger partial charge in [0.25, 0.3) is 0 Å². The third-order valence-electron chi connectivity index (χ3n) is 4.04. The van der Waals surface area contributed by atoms with Crippen molar-refractivity contribution in [1.29, 1.82) is 0 Å². The number of carbonyl (C=O) groups excluding carboxylic acids is 1. The molecule has 2 aromatic heterocycles. The first-order valence-corrected chi connectivity index (χ1v) is 8.78. The van der Waals surface area contributed by atoms with E-state index in [1.165, 1.54) is 17.8 Å². The summed E-state index contributed by atoms with van der Waals surface area (Å²) >= 11 is 1.44. The lowest BCUT2D eigenvalue weighted by molar-refractivity contribution is -0.117. The van der Waals surface area contributed by atoms with Gasteiger partial charge in [-0.05, 0) is 39.2 Å². The van der Waals surface area contributed by atoms with Crippen molar-refractivity contribution in [3.63, 3.8) is 0 Å². The number of piperidine rings is 1. The fourth-order valence-corrected chi connectivity index (χ4v) is 3.61. The van der Waals surface area contributed by atoms with Crippen molar-refractivity contribution in [2.45, 2.75) is 33.2 Å². The lowest BCUT2D eigenvalue weighted by Crippen LogP contribution is -2.41. The van der Waals surface area contributed by atoms with Crippen molar-refractivity contribution in [2.24, 2.45) is 5.92 Å². The fraction of sp³-hybridized carbons (Fsp3) is 0.600. The van der Waals surface area contributed by atoms with Gasteiger partial charge < -0.3 is 5.32 Å². The summed E-state index contributed by atoms with van der Waals surface area (Å²) in [6, 6.07) is 0. The van der Waals surface area contributed by atoms with Crippen LogP contribution in [0.5, 0.6) is 0 Å². The molecule has 1 saturated heterocycles. The summed E-state index contributed by atoms with van der Waals surface area (Å²) in [5.74, 6) is 2.30. The van der Waals surface area contributed by atoms with Crippen LogP contribution in [0.15, 0.2) is 11.6 Å². The molecule has 1 aliphatic heterocycles. The van der Waals surface area contributed by atoms with Gasteiger partial charge in [0.15, 0.2) is 5.13 Å². The van der Waals surface area contributed by atoms with Crippen LogP contribution in [0.25, 0.3) is 0 Å². The SMILES string of the molecule is Cc1nc(C)n(C[C@@H]2CCCN(CC(=O)Nc3nccs3)C2)n1. The molecule has 7 nitrogen and oxygen atoms in total. The number of amides is 1. The topological polar surface area (TPSA) is 75.9 Å². The summed E-state index contributed by atoms with van der Waals surface area (Å²) in [4.78, 5) is 22.7. The summed E-state index contributed by atoms with van der Waals surface area (Å²) in [5.41, 5.74) is 0. The average molecular weight is 334 g/mol. The van der Waals surface area contributed by atoms with Crippen LogP contribution in [-0.4, -0.2) is 50.2 Å². The molecule has 0 saturated carbocycles. The Labute approximate surface area is 139 Å². The molecule has 0 radical (unpaired) electrons. The third-order valence-corrected chi connectivity index (χ3v) is 4.73. The van der Waals surface area contributed by atoms with Gasteiger partial charge in [-0.25, -0.2) is 14.6 Å². The number of carbonyl (C=O) groups is 1. The van der Waals surface area contributed by atoms with Crippen molar-refractivity contribution < 1.29 is 4.79 Å². The Hall–Kier alpha value is -1.80. The average Bonchev–Trinajstić information content (AvgIpc) is 3.09. The van der Waals surface area contributed by atoms with E-state index in [0.29, 0.717) is 17.6 Å². The highest BCUT2D eigenvalue weighted by atomic mass is 32.1. The summed E-state index contributed by atoms with van der Waals surface area (Å²) in [6.07, 6.45) is 3.98. The first-order valence-electron chi connectivity index (χ1n) is 7.90. The van der Waals surface area contributed by atoms with Crippen LogP contribution in [0.4, 0.5) is 5.13 Å². The van der Waals surface area contributed by atoms with E-state index in [9.17, 15) is 4.79 Å². The van der Waals surface area contributed by atoms with E-state index >= 15 is 0 Å². The summed E-state index contributed by atoms with van der Waals surface area (Å²) in [7, 11) is 0. The van der Waals surface area contributed by atoms with E-state index in [2.05, 4.69) is 25.3 Å². The molecule has 23 heavy (non-hydrogen) atoms. The maximum atomic E-state index is 12.1. The van der Waals surface area contributed by atoms with Crippen molar-refractivity contribution in [2.75, 3.05) is 25.0 Å². The van der Waals surface area contributed by atoms with Gasteiger partial charge in [0.1, 0.15) is 11.6 Å². The lowest BCUT2D eigenvalue weighted by atomic mass is 9.98. The molecular weight excluding hydrogens is 312 g/mol. The Morgan fingerprint density at radius 1 is 1.48 bits per heavy atom. The van der Waals surface area contributed by atoms with Gasteiger partial charge >= 0.3 is 0 Å². The molecule has 0 bridgehead atoms. The molecule has 124 valence electrons. The Morgan fingerprint density at radius 2 is 2.35 bits per heavy atom. The first kappa shape index (κ1) is 16.1. The van der Waals surface area contributed by atoms with E-state index in [0.717, 1.165) is 37.7 Å². The summed E-state index contributed by atoms with van der Waals surface area (Å²) in [6.45, 7) is 7.09. The van der Waals surface area contributed by atoms with Crippen LogP contribution in [0.2, 0.25) is 0 Å². The number of nitrogens with zero attached hydrogens (tertiary/aromatic N) is 5. The van der Waals surface area contributed by atoms with Crippen molar-refractivity contribution in [1.82, 2.24) is 24.6 Å². The summed E-state index contributed by atoms with van der Waals surface area (Å²) < 4.78 is 1.99.